The molecule has 1 saturated carbocycles. The van der Waals surface area contributed by atoms with E-state index in [0.29, 0.717) is 16.9 Å². The zero-order valence-electron chi connectivity index (χ0n) is 14.0. The number of aromatic amines is 1. The summed E-state index contributed by atoms with van der Waals surface area (Å²) in [6.07, 6.45) is 4.53. The van der Waals surface area contributed by atoms with Gasteiger partial charge in [0.25, 0.3) is 5.91 Å². The van der Waals surface area contributed by atoms with E-state index in [4.69, 9.17) is 0 Å². The minimum Gasteiger partial charge on any atom is -0.337 e. The van der Waals surface area contributed by atoms with E-state index in [9.17, 15) is 4.79 Å². The highest BCUT2D eigenvalue weighted by molar-refractivity contribution is 8.00. The number of rotatable bonds is 4. The number of hydrogen-bond acceptors (Lipinski definition) is 3. The summed E-state index contributed by atoms with van der Waals surface area (Å²) in [6, 6.07) is 10.6. The number of hydrogen-bond donors (Lipinski definition) is 1. The Hall–Kier alpha value is -1.75. The van der Waals surface area contributed by atoms with Gasteiger partial charge in [-0.25, -0.2) is 0 Å². The van der Waals surface area contributed by atoms with Crippen molar-refractivity contribution in [2.45, 2.75) is 48.7 Å². The van der Waals surface area contributed by atoms with Crippen LogP contribution in [0.15, 0.2) is 35.2 Å². The molecular formula is C19H23N3OS. The van der Waals surface area contributed by atoms with E-state index < -0.39 is 0 Å². The summed E-state index contributed by atoms with van der Waals surface area (Å²) >= 11 is 1.94. The van der Waals surface area contributed by atoms with E-state index in [1.54, 1.807) is 0 Å². The molecule has 1 saturated heterocycles. The lowest BCUT2D eigenvalue weighted by molar-refractivity contribution is 0.0721. The van der Waals surface area contributed by atoms with Gasteiger partial charge in [0.05, 0.1) is 0 Å². The lowest BCUT2D eigenvalue weighted by atomic mass is 10.1. The fourth-order valence-electron chi connectivity index (χ4n) is 3.27. The van der Waals surface area contributed by atoms with Gasteiger partial charge in [-0.2, -0.15) is 5.10 Å². The van der Waals surface area contributed by atoms with Gasteiger partial charge in [-0.3, -0.25) is 9.89 Å². The van der Waals surface area contributed by atoms with E-state index in [-0.39, 0.29) is 5.91 Å². The number of H-pyrrole nitrogens is 1. The summed E-state index contributed by atoms with van der Waals surface area (Å²) in [6.45, 7) is 3.78. The van der Waals surface area contributed by atoms with Gasteiger partial charge in [-0.1, -0.05) is 17.7 Å². The van der Waals surface area contributed by atoms with Crippen LogP contribution in [0.5, 0.6) is 0 Å². The molecule has 1 N–H and O–H groups in total. The molecule has 24 heavy (non-hydrogen) atoms. The van der Waals surface area contributed by atoms with Crippen molar-refractivity contribution in [3.05, 3.63) is 47.3 Å². The summed E-state index contributed by atoms with van der Waals surface area (Å²) in [7, 11) is 0. The first-order chi connectivity index (χ1) is 11.7. The van der Waals surface area contributed by atoms with E-state index in [2.05, 4.69) is 41.4 Å². The number of thioether (sulfide) groups is 1. The molecule has 2 fully saturated rings. The second kappa shape index (κ2) is 6.63. The number of amides is 1. The van der Waals surface area contributed by atoms with Crippen molar-refractivity contribution in [1.82, 2.24) is 15.1 Å². The van der Waals surface area contributed by atoms with Gasteiger partial charge >= 0.3 is 0 Å². The maximum Gasteiger partial charge on any atom is 0.274 e. The molecule has 1 amide bonds. The molecule has 1 aliphatic heterocycles. The standard InChI is InChI=1S/C19H23N3OS/c1-13-3-2-4-16(11-13)24-15-7-9-22(10-8-15)19(23)18-12-17(20-21-18)14-5-6-14/h2-4,11-12,14-15H,5-10H2,1H3,(H,20,21). The number of aromatic nitrogens is 2. The van der Waals surface area contributed by atoms with Crippen LogP contribution in [0.1, 0.15) is 53.3 Å². The fraction of sp³-hybridized carbons (Fsp3) is 0.474. The Morgan fingerprint density at radius 3 is 2.71 bits per heavy atom. The van der Waals surface area contributed by atoms with Crippen LogP contribution in [0.25, 0.3) is 0 Å². The minimum absolute atomic E-state index is 0.0807. The summed E-state index contributed by atoms with van der Waals surface area (Å²) in [4.78, 5) is 15.9. The number of piperidine rings is 1. The number of carbonyl (C=O) groups is 1. The second-order valence-corrected chi connectivity index (χ2v) is 8.28. The van der Waals surface area contributed by atoms with Crippen molar-refractivity contribution in [1.29, 1.82) is 0 Å². The van der Waals surface area contributed by atoms with Crippen LogP contribution in [0.4, 0.5) is 0 Å². The molecule has 2 aliphatic rings. The number of nitrogens with one attached hydrogen (secondary N) is 1. The van der Waals surface area contributed by atoms with E-state index in [1.807, 2.05) is 22.7 Å². The Bertz CT molecular complexity index is 730. The number of nitrogens with zero attached hydrogens (tertiary/aromatic N) is 2. The molecule has 1 aromatic heterocycles. The number of benzene rings is 1. The second-order valence-electron chi connectivity index (χ2n) is 6.91. The van der Waals surface area contributed by atoms with Crippen LogP contribution in [0.3, 0.4) is 0 Å². The van der Waals surface area contributed by atoms with Crippen molar-refractivity contribution in [2.75, 3.05) is 13.1 Å². The lowest BCUT2D eigenvalue weighted by Crippen LogP contribution is -2.39. The van der Waals surface area contributed by atoms with Crippen molar-refractivity contribution < 1.29 is 4.79 Å². The first-order valence-corrected chi connectivity index (χ1v) is 9.65. The Morgan fingerprint density at radius 2 is 2.00 bits per heavy atom. The molecule has 0 radical (unpaired) electrons. The smallest absolute Gasteiger partial charge is 0.274 e. The molecule has 0 spiro atoms. The number of likely N-dealkylation sites (tertiary alicyclic amines) is 1. The molecule has 5 heteroatoms. The van der Waals surface area contributed by atoms with Gasteiger partial charge in [0, 0.05) is 34.8 Å². The molecule has 4 rings (SSSR count). The SMILES string of the molecule is Cc1cccc(SC2CCN(C(=O)c3cc(C4CC4)[nH]n3)CC2)c1. The topological polar surface area (TPSA) is 49.0 Å². The normalized spacial score (nSPS) is 18.8. The molecule has 2 aromatic rings. The van der Waals surface area contributed by atoms with Gasteiger partial charge in [-0.15, -0.1) is 11.8 Å². The molecule has 126 valence electrons. The predicted octanol–water partition coefficient (Wildman–Crippen LogP) is 3.99. The number of carbonyl (C=O) groups excluding carboxylic acids is 1. The van der Waals surface area contributed by atoms with Crippen LogP contribution >= 0.6 is 11.8 Å². The predicted molar refractivity (Wildman–Crippen MR) is 96.5 cm³/mol. The quantitative estimate of drug-likeness (QED) is 0.915. The third-order valence-corrected chi connectivity index (χ3v) is 6.19. The van der Waals surface area contributed by atoms with Crippen molar-refractivity contribution >= 4 is 17.7 Å². The first-order valence-electron chi connectivity index (χ1n) is 8.77. The Morgan fingerprint density at radius 1 is 1.21 bits per heavy atom. The van der Waals surface area contributed by atoms with Gasteiger partial charge in [0.1, 0.15) is 5.69 Å². The molecule has 4 nitrogen and oxygen atoms in total. The lowest BCUT2D eigenvalue weighted by Gasteiger charge is -2.31. The Balaban J connectivity index is 1.32. The highest BCUT2D eigenvalue weighted by Gasteiger charge is 2.29. The van der Waals surface area contributed by atoms with Crippen LogP contribution < -0.4 is 0 Å². The fourth-order valence-corrected chi connectivity index (χ4v) is 4.51. The maximum atomic E-state index is 12.6. The molecule has 1 aromatic carbocycles. The third-order valence-electron chi connectivity index (χ3n) is 4.86. The van der Waals surface area contributed by atoms with Crippen LogP contribution in [-0.2, 0) is 0 Å². The third kappa shape index (κ3) is 3.51. The highest BCUT2D eigenvalue weighted by Crippen LogP contribution is 2.39. The molecule has 0 atom stereocenters. The highest BCUT2D eigenvalue weighted by atomic mass is 32.2. The molecule has 2 heterocycles. The van der Waals surface area contributed by atoms with Gasteiger partial charge in [0.15, 0.2) is 0 Å². The van der Waals surface area contributed by atoms with Crippen molar-refractivity contribution in [2.24, 2.45) is 0 Å². The van der Waals surface area contributed by atoms with E-state index in [0.717, 1.165) is 31.6 Å². The summed E-state index contributed by atoms with van der Waals surface area (Å²) in [5, 5.41) is 7.85. The van der Waals surface area contributed by atoms with Gasteiger partial charge in [0.2, 0.25) is 0 Å². The first kappa shape index (κ1) is 15.8. The molecule has 0 bridgehead atoms. The zero-order chi connectivity index (χ0) is 16.5. The summed E-state index contributed by atoms with van der Waals surface area (Å²) < 4.78 is 0. The Kier molecular flexibility index (Phi) is 4.35. The van der Waals surface area contributed by atoms with Gasteiger partial charge in [-0.05, 0) is 50.8 Å². The van der Waals surface area contributed by atoms with Crippen LogP contribution in [-0.4, -0.2) is 39.3 Å². The van der Waals surface area contributed by atoms with Crippen LogP contribution in [0.2, 0.25) is 0 Å². The molecular weight excluding hydrogens is 318 g/mol. The number of aryl methyl sites for hydroxylation is 1. The van der Waals surface area contributed by atoms with Crippen molar-refractivity contribution in [3.8, 4) is 0 Å². The van der Waals surface area contributed by atoms with E-state index >= 15 is 0 Å². The summed E-state index contributed by atoms with van der Waals surface area (Å²) in [5.74, 6) is 0.688. The zero-order valence-corrected chi connectivity index (χ0v) is 14.8. The van der Waals surface area contributed by atoms with Crippen molar-refractivity contribution in [3.63, 3.8) is 0 Å². The minimum atomic E-state index is 0.0807. The van der Waals surface area contributed by atoms with E-state index in [1.165, 1.54) is 23.3 Å². The van der Waals surface area contributed by atoms with Gasteiger partial charge < -0.3 is 4.90 Å². The Labute approximate surface area is 147 Å². The average Bonchev–Trinajstić information content (AvgIpc) is 3.32. The monoisotopic (exact) mass is 341 g/mol. The average molecular weight is 341 g/mol. The summed E-state index contributed by atoms with van der Waals surface area (Å²) in [5.41, 5.74) is 3.02. The van der Waals surface area contributed by atoms with Crippen LogP contribution in [0, 0.1) is 6.92 Å². The maximum absolute atomic E-state index is 12.6. The molecule has 1 aliphatic carbocycles. The molecule has 0 unspecified atom stereocenters. The largest absolute Gasteiger partial charge is 0.337 e.